The third-order valence-electron chi connectivity index (χ3n) is 4.86. The number of methoxy groups -OCH3 is 2. The summed E-state index contributed by atoms with van der Waals surface area (Å²) in [5.74, 6) is -0.0229. The van der Waals surface area contributed by atoms with E-state index < -0.39 is 24.5 Å². The predicted molar refractivity (Wildman–Crippen MR) is 108 cm³/mol. The minimum Gasteiger partial charge on any atom is -0.493 e. The Balaban J connectivity index is 1.79. The normalized spacial score (nSPS) is 18.7. The molecule has 3 amide bonds. The van der Waals surface area contributed by atoms with E-state index in [1.54, 1.807) is 18.2 Å². The number of rotatable bonds is 7. The number of hydrogen-bond acceptors (Lipinski definition) is 6. The van der Waals surface area contributed by atoms with E-state index in [1.807, 2.05) is 0 Å². The topological polar surface area (TPSA) is 103 Å². The lowest BCUT2D eigenvalue weighted by Crippen LogP contribution is -2.48. The molecule has 8 nitrogen and oxygen atoms in total. The van der Waals surface area contributed by atoms with Gasteiger partial charge in [-0.1, -0.05) is 31.9 Å². The summed E-state index contributed by atoms with van der Waals surface area (Å²) in [7, 11) is 3.01. The molecule has 0 heterocycles. The Hall–Kier alpha value is -3.03. The number of esters is 1. The van der Waals surface area contributed by atoms with Gasteiger partial charge in [0, 0.05) is 17.7 Å². The summed E-state index contributed by atoms with van der Waals surface area (Å²) in [5.41, 5.74) is 0.620. The number of carbonyl (C=O) groups excluding carboxylic acids is 3. The summed E-state index contributed by atoms with van der Waals surface area (Å²) in [6.07, 6.45) is 6.85. The third-order valence-corrected chi connectivity index (χ3v) is 4.86. The minimum absolute atomic E-state index is 0.0554. The van der Waals surface area contributed by atoms with Crippen LogP contribution in [0.1, 0.15) is 38.2 Å². The first-order valence-corrected chi connectivity index (χ1v) is 9.60. The SMILES string of the molecule is COc1cccc(/C=C/C(=O)OCC(=O)NC(=O)N[C@H]2CCCC[C@@H]2C)c1OC. The number of nitrogens with one attached hydrogen (secondary N) is 2. The van der Waals surface area contributed by atoms with E-state index in [1.165, 1.54) is 26.4 Å². The van der Waals surface area contributed by atoms with E-state index in [0.717, 1.165) is 25.7 Å². The first-order chi connectivity index (χ1) is 13.9. The Morgan fingerprint density at radius 2 is 1.90 bits per heavy atom. The van der Waals surface area contributed by atoms with Gasteiger partial charge in [-0.05, 0) is 30.9 Å². The zero-order valence-corrected chi connectivity index (χ0v) is 17.0. The van der Waals surface area contributed by atoms with Gasteiger partial charge >= 0.3 is 12.0 Å². The monoisotopic (exact) mass is 404 g/mol. The molecule has 0 aliphatic heterocycles. The van der Waals surface area contributed by atoms with E-state index in [0.29, 0.717) is 23.0 Å². The number of ether oxygens (including phenoxy) is 3. The predicted octanol–water partition coefficient (Wildman–Crippen LogP) is 2.66. The van der Waals surface area contributed by atoms with E-state index in [2.05, 4.69) is 17.6 Å². The molecule has 1 fully saturated rings. The van der Waals surface area contributed by atoms with Gasteiger partial charge in [-0.25, -0.2) is 9.59 Å². The van der Waals surface area contributed by atoms with Gasteiger partial charge in [-0.15, -0.1) is 0 Å². The second kappa shape index (κ2) is 11.1. The Bertz CT molecular complexity index is 762. The maximum atomic E-state index is 11.9. The summed E-state index contributed by atoms with van der Waals surface area (Å²) in [4.78, 5) is 35.6. The van der Waals surface area contributed by atoms with Crippen LogP contribution in [0.25, 0.3) is 6.08 Å². The lowest BCUT2D eigenvalue weighted by molar-refractivity contribution is -0.143. The van der Waals surface area contributed by atoms with E-state index in [9.17, 15) is 14.4 Å². The fourth-order valence-corrected chi connectivity index (χ4v) is 3.28. The molecule has 0 bridgehead atoms. The first-order valence-electron chi connectivity index (χ1n) is 9.60. The number of urea groups is 1. The first kappa shape index (κ1) is 22.3. The van der Waals surface area contributed by atoms with Gasteiger partial charge in [0.2, 0.25) is 0 Å². The van der Waals surface area contributed by atoms with Crippen molar-refractivity contribution in [2.75, 3.05) is 20.8 Å². The standard InChI is InChI=1S/C21H28N2O6/c1-14-7-4-5-9-16(14)22-21(26)23-18(24)13-29-19(25)12-11-15-8-6-10-17(27-2)20(15)28-3/h6,8,10-12,14,16H,4-5,7,9,13H2,1-3H3,(H2,22,23,24,26)/b12-11+/t14-,16-/m0/s1. The zero-order chi connectivity index (χ0) is 21.2. The number of imide groups is 1. The second-order valence-electron chi connectivity index (χ2n) is 6.91. The van der Waals surface area contributed by atoms with Crippen LogP contribution >= 0.6 is 0 Å². The molecule has 158 valence electrons. The van der Waals surface area contributed by atoms with Gasteiger partial charge in [0.15, 0.2) is 18.1 Å². The van der Waals surface area contributed by atoms with Gasteiger partial charge < -0.3 is 19.5 Å². The largest absolute Gasteiger partial charge is 0.493 e. The molecule has 0 saturated heterocycles. The van der Waals surface area contributed by atoms with Gasteiger partial charge in [0.05, 0.1) is 14.2 Å². The molecule has 0 radical (unpaired) electrons. The van der Waals surface area contributed by atoms with Crippen molar-refractivity contribution in [2.45, 2.75) is 38.6 Å². The number of hydrogen-bond donors (Lipinski definition) is 2. The summed E-state index contributed by atoms with van der Waals surface area (Å²) in [5, 5.41) is 4.99. The molecule has 2 atom stereocenters. The Morgan fingerprint density at radius 3 is 2.59 bits per heavy atom. The average molecular weight is 404 g/mol. The van der Waals surface area contributed by atoms with Crippen molar-refractivity contribution in [1.29, 1.82) is 0 Å². The highest BCUT2D eigenvalue weighted by atomic mass is 16.5. The molecule has 0 spiro atoms. The maximum Gasteiger partial charge on any atom is 0.331 e. The fourth-order valence-electron chi connectivity index (χ4n) is 3.28. The number of amides is 3. The van der Waals surface area contributed by atoms with Crippen molar-refractivity contribution in [3.05, 3.63) is 29.8 Å². The molecule has 2 N–H and O–H groups in total. The van der Waals surface area contributed by atoms with Crippen molar-refractivity contribution in [3.8, 4) is 11.5 Å². The molecule has 1 aliphatic carbocycles. The highest BCUT2D eigenvalue weighted by Crippen LogP contribution is 2.31. The summed E-state index contributed by atoms with van der Waals surface area (Å²) in [6, 6.07) is 4.72. The molecular formula is C21H28N2O6. The minimum atomic E-state index is -0.716. The average Bonchev–Trinajstić information content (AvgIpc) is 2.71. The molecule has 1 aliphatic rings. The second-order valence-corrected chi connectivity index (χ2v) is 6.91. The summed E-state index contributed by atoms with van der Waals surface area (Å²) < 4.78 is 15.3. The molecule has 2 rings (SSSR count). The highest BCUT2D eigenvalue weighted by molar-refractivity contribution is 5.96. The molecule has 8 heteroatoms. The quantitative estimate of drug-likeness (QED) is 0.535. The third kappa shape index (κ3) is 6.81. The fraction of sp³-hybridized carbons (Fsp3) is 0.476. The highest BCUT2D eigenvalue weighted by Gasteiger charge is 2.23. The summed E-state index contributed by atoms with van der Waals surface area (Å²) >= 11 is 0. The maximum absolute atomic E-state index is 11.9. The van der Waals surface area contributed by atoms with Crippen molar-refractivity contribution in [1.82, 2.24) is 10.6 Å². The van der Waals surface area contributed by atoms with Crippen LogP contribution in [0, 0.1) is 5.92 Å². The van der Waals surface area contributed by atoms with Crippen LogP contribution in [0.15, 0.2) is 24.3 Å². The van der Waals surface area contributed by atoms with Gasteiger partial charge in [0.1, 0.15) is 0 Å². The van der Waals surface area contributed by atoms with Crippen molar-refractivity contribution >= 4 is 24.0 Å². The molecule has 1 saturated carbocycles. The zero-order valence-electron chi connectivity index (χ0n) is 17.0. The molecule has 0 aromatic heterocycles. The van der Waals surface area contributed by atoms with Crippen LogP contribution < -0.4 is 20.1 Å². The van der Waals surface area contributed by atoms with Crippen LogP contribution in [0.2, 0.25) is 0 Å². The van der Waals surface area contributed by atoms with Gasteiger partial charge in [-0.3, -0.25) is 10.1 Å². The molecule has 1 aromatic rings. The Labute approximate surface area is 170 Å². The van der Waals surface area contributed by atoms with E-state index >= 15 is 0 Å². The van der Waals surface area contributed by atoms with Gasteiger partial charge in [0.25, 0.3) is 5.91 Å². The lowest BCUT2D eigenvalue weighted by Gasteiger charge is -2.29. The van der Waals surface area contributed by atoms with Crippen LogP contribution in [0.5, 0.6) is 11.5 Å². The smallest absolute Gasteiger partial charge is 0.331 e. The van der Waals surface area contributed by atoms with Crippen LogP contribution in [0.4, 0.5) is 4.79 Å². The lowest BCUT2D eigenvalue weighted by atomic mass is 9.86. The molecule has 29 heavy (non-hydrogen) atoms. The van der Waals surface area contributed by atoms with Crippen molar-refractivity contribution in [3.63, 3.8) is 0 Å². The number of benzene rings is 1. The van der Waals surface area contributed by atoms with E-state index in [-0.39, 0.29) is 6.04 Å². The van der Waals surface area contributed by atoms with Crippen LogP contribution in [-0.4, -0.2) is 44.8 Å². The van der Waals surface area contributed by atoms with Crippen molar-refractivity contribution in [2.24, 2.45) is 5.92 Å². The van der Waals surface area contributed by atoms with Gasteiger partial charge in [-0.2, -0.15) is 0 Å². The molecule has 0 unspecified atom stereocenters. The number of para-hydroxylation sites is 1. The van der Waals surface area contributed by atoms with Crippen molar-refractivity contribution < 1.29 is 28.6 Å². The molecular weight excluding hydrogens is 376 g/mol. The summed E-state index contributed by atoms with van der Waals surface area (Å²) in [6.45, 7) is 1.53. The van der Waals surface area contributed by atoms with E-state index in [4.69, 9.17) is 14.2 Å². The Kier molecular flexibility index (Phi) is 8.51. The van der Waals surface area contributed by atoms with Crippen LogP contribution in [-0.2, 0) is 14.3 Å². The van der Waals surface area contributed by atoms with Crippen LogP contribution in [0.3, 0.4) is 0 Å². The Morgan fingerprint density at radius 1 is 1.14 bits per heavy atom. The molecule has 1 aromatic carbocycles. The number of carbonyl (C=O) groups is 3.